The smallest absolute Gasteiger partial charge is 0.223 e. The van der Waals surface area contributed by atoms with E-state index in [1.54, 1.807) is 0 Å². The number of benzene rings is 1. The van der Waals surface area contributed by atoms with Crippen molar-refractivity contribution >= 4 is 16.8 Å². The van der Waals surface area contributed by atoms with E-state index in [2.05, 4.69) is 57.0 Å². The third kappa shape index (κ3) is 4.43. The standard InChI is InChI=1S/C26H32N4O2/c1-19-4-5-23-22(17-19)25(20-6-9-27-10-7-20)26(28-23)21-3-2-11-30(18-21)24(31)8-12-29-13-15-32-16-14-29/h4-7,9-10,17,21,28H,2-3,8,11-16,18H2,1H3. The van der Waals surface area contributed by atoms with Crippen LogP contribution in [0.5, 0.6) is 0 Å². The van der Waals surface area contributed by atoms with E-state index in [1.165, 1.54) is 27.8 Å². The number of likely N-dealkylation sites (tertiary alicyclic amines) is 1. The van der Waals surface area contributed by atoms with Crippen LogP contribution in [-0.2, 0) is 9.53 Å². The van der Waals surface area contributed by atoms with Gasteiger partial charge >= 0.3 is 0 Å². The molecule has 1 unspecified atom stereocenters. The van der Waals surface area contributed by atoms with Crippen LogP contribution in [0, 0.1) is 6.92 Å². The van der Waals surface area contributed by atoms with Crippen LogP contribution in [0.15, 0.2) is 42.7 Å². The fourth-order valence-corrected chi connectivity index (χ4v) is 5.14. The molecule has 2 fully saturated rings. The Morgan fingerprint density at radius 1 is 1.16 bits per heavy atom. The van der Waals surface area contributed by atoms with Gasteiger partial charge in [-0.05, 0) is 49.6 Å². The Bertz CT molecular complexity index is 1070. The number of pyridine rings is 1. The second kappa shape index (κ2) is 9.43. The molecule has 1 N–H and O–H groups in total. The summed E-state index contributed by atoms with van der Waals surface area (Å²) in [5.74, 6) is 0.588. The van der Waals surface area contributed by atoms with Crippen LogP contribution in [0.3, 0.4) is 0 Å². The van der Waals surface area contributed by atoms with Gasteiger partial charge in [0.2, 0.25) is 5.91 Å². The van der Waals surface area contributed by atoms with Crippen molar-refractivity contribution < 1.29 is 9.53 Å². The van der Waals surface area contributed by atoms with E-state index in [9.17, 15) is 4.79 Å². The molecule has 6 nitrogen and oxygen atoms in total. The highest BCUT2D eigenvalue weighted by Crippen LogP contribution is 2.39. The van der Waals surface area contributed by atoms with Crippen LogP contribution >= 0.6 is 0 Å². The van der Waals surface area contributed by atoms with E-state index >= 15 is 0 Å². The Morgan fingerprint density at radius 3 is 2.78 bits per heavy atom. The highest BCUT2D eigenvalue weighted by atomic mass is 16.5. The Morgan fingerprint density at radius 2 is 1.97 bits per heavy atom. The van der Waals surface area contributed by atoms with Gasteiger partial charge in [0, 0.05) is 79.6 Å². The van der Waals surface area contributed by atoms with Crippen LogP contribution in [0.1, 0.15) is 36.4 Å². The molecule has 2 saturated heterocycles. The number of morpholine rings is 1. The van der Waals surface area contributed by atoms with Crippen LogP contribution < -0.4 is 0 Å². The minimum Gasteiger partial charge on any atom is -0.379 e. The minimum absolute atomic E-state index is 0.276. The van der Waals surface area contributed by atoms with Crippen molar-refractivity contribution in [1.82, 2.24) is 19.8 Å². The summed E-state index contributed by atoms with van der Waals surface area (Å²) < 4.78 is 5.42. The largest absolute Gasteiger partial charge is 0.379 e. The van der Waals surface area contributed by atoms with Crippen molar-refractivity contribution in [3.8, 4) is 11.1 Å². The zero-order valence-corrected chi connectivity index (χ0v) is 18.8. The summed E-state index contributed by atoms with van der Waals surface area (Å²) in [5, 5.41) is 1.25. The zero-order valence-electron chi connectivity index (χ0n) is 18.8. The highest BCUT2D eigenvalue weighted by Gasteiger charge is 2.29. The second-order valence-electron chi connectivity index (χ2n) is 9.08. The summed E-state index contributed by atoms with van der Waals surface area (Å²) in [6.07, 6.45) is 6.44. The van der Waals surface area contributed by atoms with E-state index in [0.717, 1.165) is 64.3 Å². The van der Waals surface area contributed by atoms with Gasteiger partial charge in [-0.15, -0.1) is 0 Å². The van der Waals surface area contributed by atoms with Gasteiger partial charge in [-0.1, -0.05) is 11.6 Å². The molecule has 3 aromatic rings. The number of fused-ring (bicyclic) bond motifs is 1. The van der Waals surface area contributed by atoms with E-state index in [1.807, 2.05) is 12.4 Å². The van der Waals surface area contributed by atoms with Crippen molar-refractivity contribution in [1.29, 1.82) is 0 Å². The number of nitrogens with one attached hydrogen (secondary N) is 1. The van der Waals surface area contributed by atoms with Crippen LogP contribution in [0.2, 0.25) is 0 Å². The van der Waals surface area contributed by atoms with Crippen molar-refractivity contribution in [3.05, 3.63) is 54.0 Å². The lowest BCUT2D eigenvalue weighted by molar-refractivity contribution is -0.133. The quantitative estimate of drug-likeness (QED) is 0.663. The first-order valence-electron chi connectivity index (χ1n) is 11.8. The van der Waals surface area contributed by atoms with Gasteiger partial charge in [-0.25, -0.2) is 0 Å². The number of aromatic amines is 1. The Hall–Kier alpha value is -2.70. The SMILES string of the molecule is Cc1ccc2[nH]c(C3CCCN(C(=O)CCN4CCOCC4)C3)c(-c3ccncc3)c2c1. The molecule has 4 heterocycles. The van der Waals surface area contributed by atoms with E-state index < -0.39 is 0 Å². The summed E-state index contributed by atoms with van der Waals surface area (Å²) in [5.41, 5.74) is 6.11. The molecule has 1 aromatic carbocycles. The van der Waals surface area contributed by atoms with E-state index in [0.29, 0.717) is 12.3 Å². The summed E-state index contributed by atoms with van der Waals surface area (Å²) >= 11 is 0. The second-order valence-corrected chi connectivity index (χ2v) is 9.08. The molecule has 0 spiro atoms. The summed E-state index contributed by atoms with van der Waals surface area (Å²) in [6.45, 7) is 8.03. The van der Waals surface area contributed by atoms with Gasteiger partial charge in [-0.3, -0.25) is 14.7 Å². The van der Waals surface area contributed by atoms with Gasteiger partial charge in [0.05, 0.1) is 13.2 Å². The topological polar surface area (TPSA) is 61.5 Å². The Labute approximate surface area is 189 Å². The van der Waals surface area contributed by atoms with Crippen molar-refractivity contribution in [2.24, 2.45) is 0 Å². The number of ether oxygens (including phenoxy) is 1. The number of nitrogens with zero attached hydrogens (tertiary/aromatic N) is 3. The maximum absolute atomic E-state index is 13.0. The number of aryl methyl sites for hydroxylation is 1. The molecule has 1 atom stereocenters. The molecule has 5 rings (SSSR count). The molecule has 0 radical (unpaired) electrons. The number of amides is 1. The molecular weight excluding hydrogens is 400 g/mol. The molecule has 0 bridgehead atoms. The first kappa shape index (κ1) is 21.2. The maximum Gasteiger partial charge on any atom is 0.223 e. The maximum atomic E-state index is 13.0. The Kier molecular flexibility index (Phi) is 6.23. The van der Waals surface area contributed by atoms with E-state index in [4.69, 9.17) is 4.74 Å². The number of piperidine rings is 1. The molecule has 2 aromatic heterocycles. The highest BCUT2D eigenvalue weighted by molar-refractivity contribution is 5.98. The van der Waals surface area contributed by atoms with Crippen LogP contribution in [-0.4, -0.2) is 71.6 Å². The number of aromatic nitrogens is 2. The van der Waals surface area contributed by atoms with Crippen molar-refractivity contribution in [2.75, 3.05) is 45.9 Å². The third-order valence-electron chi connectivity index (χ3n) is 6.88. The lowest BCUT2D eigenvalue weighted by atomic mass is 9.89. The van der Waals surface area contributed by atoms with Gasteiger partial charge in [0.1, 0.15) is 0 Å². The lowest BCUT2D eigenvalue weighted by Crippen LogP contribution is -2.42. The molecule has 0 aliphatic carbocycles. The Balaban J connectivity index is 1.38. The van der Waals surface area contributed by atoms with Crippen molar-refractivity contribution in [2.45, 2.75) is 32.1 Å². The fourth-order valence-electron chi connectivity index (χ4n) is 5.14. The van der Waals surface area contributed by atoms with Gasteiger partial charge in [0.25, 0.3) is 0 Å². The monoisotopic (exact) mass is 432 g/mol. The average Bonchev–Trinajstić information content (AvgIpc) is 3.22. The number of hydrogen-bond donors (Lipinski definition) is 1. The summed E-state index contributed by atoms with van der Waals surface area (Å²) in [4.78, 5) is 25.4. The number of carbonyl (C=O) groups excluding carboxylic acids is 1. The fraction of sp³-hybridized carbons (Fsp3) is 0.462. The molecule has 32 heavy (non-hydrogen) atoms. The molecule has 2 aliphatic rings. The number of carbonyl (C=O) groups is 1. The zero-order chi connectivity index (χ0) is 21.9. The summed E-state index contributed by atoms with van der Waals surface area (Å²) in [6, 6.07) is 10.8. The lowest BCUT2D eigenvalue weighted by Gasteiger charge is -2.34. The molecule has 1 amide bonds. The number of rotatable bonds is 5. The van der Waals surface area contributed by atoms with Crippen molar-refractivity contribution in [3.63, 3.8) is 0 Å². The molecule has 0 saturated carbocycles. The van der Waals surface area contributed by atoms with Crippen LogP contribution in [0.25, 0.3) is 22.0 Å². The van der Waals surface area contributed by atoms with Gasteiger partial charge in [-0.2, -0.15) is 0 Å². The molecule has 168 valence electrons. The third-order valence-corrected chi connectivity index (χ3v) is 6.88. The number of hydrogen-bond acceptors (Lipinski definition) is 4. The first-order chi connectivity index (χ1) is 15.7. The van der Waals surface area contributed by atoms with E-state index in [-0.39, 0.29) is 5.91 Å². The predicted molar refractivity (Wildman–Crippen MR) is 127 cm³/mol. The predicted octanol–water partition coefficient (Wildman–Crippen LogP) is 3.97. The first-order valence-corrected chi connectivity index (χ1v) is 11.8. The van der Waals surface area contributed by atoms with Crippen LogP contribution in [0.4, 0.5) is 0 Å². The minimum atomic E-state index is 0.276. The summed E-state index contributed by atoms with van der Waals surface area (Å²) in [7, 11) is 0. The molecule has 2 aliphatic heterocycles. The van der Waals surface area contributed by atoms with Gasteiger partial charge < -0.3 is 14.6 Å². The normalized spacial score (nSPS) is 20.0. The molecule has 6 heteroatoms. The van der Waals surface area contributed by atoms with Gasteiger partial charge in [0.15, 0.2) is 0 Å². The average molecular weight is 433 g/mol. The molecular formula is C26H32N4O2. The number of H-pyrrole nitrogens is 1.